The van der Waals surface area contributed by atoms with Crippen LogP contribution in [-0.2, 0) is 11.3 Å². The lowest BCUT2D eigenvalue weighted by Gasteiger charge is -2.28. The van der Waals surface area contributed by atoms with E-state index in [1.54, 1.807) is 4.52 Å². The molecule has 11 nitrogen and oxygen atoms in total. The standard InChI is InChI=1S/C29H37N9O2/c1-5-25(39)37-13-8-20(17-37)26-32-23-7-6-19(14-24(23)33-26)15-30-28-35-29(40-21-9-11-36(4)12-10-21)34-27-22(18(2)3)16-31-38(27)28/h5-7,14,16,18,20-21H,1,8-13,15,17H2,2-4H3,(H,32,33)(H,30,34,35). The normalized spacial score (nSPS) is 18.7. The van der Waals surface area contributed by atoms with Gasteiger partial charge >= 0.3 is 6.01 Å². The van der Waals surface area contributed by atoms with Crippen molar-refractivity contribution in [2.24, 2.45) is 0 Å². The fourth-order valence-electron chi connectivity index (χ4n) is 5.57. The molecular weight excluding hydrogens is 506 g/mol. The lowest BCUT2D eigenvalue weighted by molar-refractivity contribution is -0.125. The van der Waals surface area contributed by atoms with Gasteiger partial charge in [0, 0.05) is 44.2 Å². The molecule has 0 aliphatic carbocycles. The number of H-pyrrole nitrogens is 1. The Morgan fingerprint density at radius 1 is 1.20 bits per heavy atom. The van der Waals surface area contributed by atoms with Gasteiger partial charge in [-0.1, -0.05) is 26.5 Å². The van der Waals surface area contributed by atoms with Gasteiger partial charge in [-0.2, -0.15) is 19.6 Å². The third-order valence-corrected chi connectivity index (χ3v) is 8.01. The van der Waals surface area contributed by atoms with Gasteiger partial charge in [0.2, 0.25) is 11.9 Å². The van der Waals surface area contributed by atoms with Gasteiger partial charge in [0.15, 0.2) is 5.65 Å². The van der Waals surface area contributed by atoms with E-state index in [1.807, 2.05) is 17.2 Å². The average molecular weight is 544 g/mol. The van der Waals surface area contributed by atoms with E-state index in [0.717, 1.165) is 72.5 Å². The van der Waals surface area contributed by atoms with E-state index in [1.165, 1.54) is 6.08 Å². The molecule has 2 N–H and O–H groups in total. The molecule has 3 aromatic heterocycles. The molecule has 0 bridgehead atoms. The summed E-state index contributed by atoms with van der Waals surface area (Å²) >= 11 is 0. The second-order valence-corrected chi connectivity index (χ2v) is 11.2. The highest BCUT2D eigenvalue weighted by Gasteiger charge is 2.28. The minimum Gasteiger partial charge on any atom is -0.460 e. The third kappa shape index (κ3) is 5.25. The van der Waals surface area contributed by atoms with Crippen molar-refractivity contribution in [3.63, 3.8) is 0 Å². The van der Waals surface area contributed by atoms with Crippen LogP contribution in [0.2, 0.25) is 0 Å². The van der Waals surface area contributed by atoms with E-state index in [9.17, 15) is 4.79 Å². The summed E-state index contributed by atoms with van der Waals surface area (Å²) in [5, 5.41) is 8.05. The van der Waals surface area contributed by atoms with Crippen molar-refractivity contribution in [1.82, 2.24) is 39.3 Å². The fourth-order valence-corrected chi connectivity index (χ4v) is 5.57. The Morgan fingerprint density at radius 3 is 2.80 bits per heavy atom. The summed E-state index contributed by atoms with van der Waals surface area (Å²) in [5.74, 6) is 1.97. The molecule has 1 aromatic carbocycles. The van der Waals surface area contributed by atoms with Gasteiger partial charge in [-0.15, -0.1) is 0 Å². The predicted molar refractivity (Wildman–Crippen MR) is 154 cm³/mol. The third-order valence-electron chi connectivity index (χ3n) is 8.01. The van der Waals surface area contributed by atoms with Gasteiger partial charge in [0.25, 0.3) is 0 Å². The Kier molecular flexibility index (Phi) is 7.14. The first-order valence-electron chi connectivity index (χ1n) is 14.1. The Labute approximate surface area is 233 Å². The minimum absolute atomic E-state index is 0.0246. The number of ether oxygens (including phenoxy) is 1. The molecule has 1 amide bonds. The maximum absolute atomic E-state index is 12.0. The zero-order chi connectivity index (χ0) is 27.8. The number of piperidine rings is 1. The number of hydrogen-bond donors (Lipinski definition) is 2. The molecule has 0 saturated carbocycles. The molecule has 0 spiro atoms. The van der Waals surface area contributed by atoms with Crippen LogP contribution in [0, 0.1) is 0 Å². The van der Waals surface area contributed by atoms with E-state index in [0.29, 0.717) is 25.0 Å². The number of benzene rings is 1. The average Bonchev–Trinajstić information content (AvgIpc) is 3.70. The Morgan fingerprint density at radius 2 is 2.02 bits per heavy atom. The highest BCUT2D eigenvalue weighted by atomic mass is 16.5. The number of aromatic nitrogens is 6. The Balaban J connectivity index is 1.21. The van der Waals surface area contributed by atoms with Crippen molar-refractivity contribution >= 4 is 28.5 Å². The molecule has 4 aromatic rings. The number of aromatic amines is 1. The summed E-state index contributed by atoms with van der Waals surface area (Å²) in [4.78, 5) is 33.9. The largest absolute Gasteiger partial charge is 0.460 e. The van der Waals surface area contributed by atoms with Crippen molar-refractivity contribution in [2.45, 2.75) is 57.6 Å². The minimum atomic E-state index is -0.0246. The summed E-state index contributed by atoms with van der Waals surface area (Å²) < 4.78 is 8.04. The van der Waals surface area contributed by atoms with E-state index in [4.69, 9.17) is 19.7 Å². The zero-order valence-electron chi connectivity index (χ0n) is 23.4. The van der Waals surface area contributed by atoms with Gasteiger partial charge in [0.1, 0.15) is 11.9 Å². The summed E-state index contributed by atoms with van der Waals surface area (Å²) in [6.45, 7) is 11.8. The van der Waals surface area contributed by atoms with E-state index in [2.05, 4.69) is 59.9 Å². The van der Waals surface area contributed by atoms with Crippen LogP contribution in [0.25, 0.3) is 16.7 Å². The highest BCUT2D eigenvalue weighted by molar-refractivity contribution is 5.87. The van der Waals surface area contributed by atoms with Crippen molar-refractivity contribution in [1.29, 1.82) is 0 Å². The second-order valence-electron chi connectivity index (χ2n) is 11.2. The molecule has 11 heteroatoms. The molecule has 210 valence electrons. The van der Waals surface area contributed by atoms with E-state index in [-0.39, 0.29) is 23.8 Å². The quantitative estimate of drug-likeness (QED) is 0.323. The number of fused-ring (bicyclic) bond motifs is 2. The summed E-state index contributed by atoms with van der Waals surface area (Å²) in [7, 11) is 2.14. The Bertz CT molecular complexity index is 1530. The van der Waals surface area contributed by atoms with E-state index < -0.39 is 0 Å². The molecular formula is C29H37N9O2. The number of rotatable bonds is 8. The zero-order valence-corrected chi connectivity index (χ0v) is 23.4. The molecule has 5 heterocycles. The number of nitrogens with one attached hydrogen (secondary N) is 2. The van der Waals surface area contributed by atoms with Crippen molar-refractivity contribution in [3.8, 4) is 6.01 Å². The number of likely N-dealkylation sites (tertiary alicyclic amines) is 2. The highest BCUT2D eigenvalue weighted by Crippen LogP contribution is 2.28. The first-order chi connectivity index (χ1) is 19.4. The molecule has 2 fully saturated rings. The number of hydrogen-bond acceptors (Lipinski definition) is 8. The van der Waals surface area contributed by atoms with Crippen molar-refractivity contribution < 1.29 is 9.53 Å². The maximum atomic E-state index is 12.0. The molecule has 1 atom stereocenters. The van der Waals surface area contributed by atoms with Crippen LogP contribution in [0.1, 0.15) is 61.9 Å². The van der Waals surface area contributed by atoms with Gasteiger partial charge < -0.3 is 24.8 Å². The Hall–Kier alpha value is -3.99. The SMILES string of the molecule is C=CC(=O)N1CCC(c2nc3ccc(CNc4nc(OC5CCN(C)CC5)nc5c(C(C)C)cnn45)cc3[nH]2)C1. The van der Waals surface area contributed by atoms with Gasteiger partial charge in [-0.3, -0.25) is 4.79 Å². The molecule has 40 heavy (non-hydrogen) atoms. The first kappa shape index (κ1) is 26.2. The molecule has 1 unspecified atom stereocenters. The molecule has 2 aliphatic rings. The van der Waals surface area contributed by atoms with Crippen LogP contribution in [0.4, 0.5) is 5.95 Å². The van der Waals surface area contributed by atoms with Crippen LogP contribution in [-0.4, -0.2) is 84.6 Å². The summed E-state index contributed by atoms with van der Waals surface area (Å²) in [6, 6.07) is 6.60. The number of carbonyl (C=O) groups excluding carboxylic acids is 1. The number of nitrogens with zero attached hydrogens (tertiary/aromatic N) is 7. The summed E-state index contributed by atoms with van der Waals surface area (Å²) in [6.07, 6.45) is 6.16. The first-order valence-corrected chi connectivity index (χ1v) is 14.1. The van der Waals surface area contributed by atoms with Crippen molar-refractivity contribution in [3.05, 3.63) is 54.0 Å². The monoisotopic (exact) mass is 543 g/mol. The van der Waals surface area contributed by atoms with Crippen LogP contribution in [0.5, 0.6) is 6.01 Å². The van der Waals surface area contributed by atoms with Crippen LogP contribution < -0.4 is 10.1 Å². The summed E-state index contributed by atoms with van der Waals surface area (Å²) in [5.41, 5.74) is 4.80. The predicted octanol–water partition coefficient (Wildman–Crippen LogP) is 3.71. The maximum Gasteiger partial charge on any atom is 0.322 e. The van der Waals surface area contributed by atoms with E-state index >= 15 is 0 Å². The lowest BCUT2D eigenvalue weighted by Crippen LogP contribution is -2.36. The lowest BCUT2D eigenvalue weighted by atomic mass is 10.1. The van der Waals surface area contributed by atoms with Crippen LogP contribution in [0.3, 0.4) is 0 Å². The fraction of sp³-hybridized carbons (Fsp3) is 0.483. The number of amides is 1. The number of anilines is 1. The molecule has 0 radical (unpaired) electrons. The molecule has 2 aliphatic heterocycles. The molecule has 2 saturated heterocycles. The van der Waals surface area contributed by atoms with Gasteiger partial charge in [0.05, 0.1) is 17.2 Å². The van der Waals surface area contributed by atoms with Crippen LogP contribution in [0.15, 0.2) is 37.1 Å². The number of carbonyl (C=O) groups is 1. The topological polar surface area (TPSA) is 117 Å². The van der Waals surface area contributed by atoms with Crippen LogP contribution >= 0.6 is 0 Å². The van der Waals surface area contributed by atoms with Crippen molar-refractivity contribution in [2.75, 3.05) is 38.5 Å². The number of imidazole rings is 1. The smallest absolute Gasteiger partial charge is 0.322 e. The molecule has 6 rings (SSSR count). The van der Waals surface area contributed by atoms with Gasteiger partial charge in [-0.05, 0) is 56.0 Å². The van der Waals surface area contributed by atoms with Gasteiger partial charge in [-0.25, -0.2) is 4.98 Å². The second kappa shape index (κ2) is 10.9.